The van der Waals surface area contributed by atoms with Crippen LogP contribution < -0.4 is 17.0 Å². The van der Waals surface area contributed by atoms with Crippen LogP contribution in [0.25, 0.3) is 6.08 Å². The number of allylic oxidation sites excluding steroid dienone is 1. The van der Waals surface area contributed by atoms with Gasteiger partial charge in [0.1, 0.15) is 12.7 Å². The topological polar surface area (TPSA) is 8.81 Å². The minimum atomic E-state index is 0. The highest BCUT2D eigenvalue weighted by Gasteiger charge is 2.07. The van der Waals surface area contributed by atoms with Crippen LogP contribution in [-0.4, -0.2) is 4.57 Å². The first-order valence-corrected chi connectivity index (χ1v) is 4.64. The molecule has 1 heterocycles. The highest BCUT2D eigenvalue weighted by molar-refractivity contribution is 5.39. The Bertz CT molecular complexity index is 302. The molecule has 0 N–H and O–H groups in total. The van der Waals surface area contributed by atoms with Crippen LogP contribution in [0.15, 0.2) is 31.8 Å². The van der Waals surface area contributed by atoms with Gasteiger partial charge in [-0.2, -0.15) is 0 Å². The van der Waals surface area contributed by atoms with Crippen LogP contribution in [-0.2, 0) is 13.1 Å². The van der Waals surface area contributed by atoms with Crippen LogP contribution in [0.2, 0.25) is 0 Å². The maximum atomic E-state index is 3.78. The van der Waals surface area contributed by atoms with Crippen LogP contribution in [0.3, 0.4) is 0 Å². The molecule has 0 fully saturated rings. The summed E-state index contributed by atoms with van der Waals surface area (Å²) in [6, 6.07) is 0. The van der Waals surface area contributed by atoms with Crippen LogP contribution in [0.4, 0.5) is 0 Å². The molecule has 78 valence electrons. The van der Waals surface area contributed by atoms with E-state index in [9.17, 15) is 0 Å². The Hall–Kier alpha value is -1.02. The highest BCUT2D eigenvalue weighted by Crippen LogP contribution is 1.99. The van der Waals surface area contributed by atoms with Gasteiger partial charge in [0.05, 0.1) is 6.54 Å². The van der Waals surface area contributed by atoms with Crippen molar-refractivity contribution < 1.29 is 17.0 Å². The van der Waals surface area contributed by atoms with Gasteiger partial charge < -0.3 is 12.4 Å². The van der Waals surface area contributed by atoms with E-state index in [4.69, 9.17) is 0 Å². The Morgan fingerprint density at radius 1 is 1.50 bits per heavy atom. The van der Waals surface area contributed by atoms with Gasteiger partial charge in [0, 0.05) is 0 Å². The lowest BCUT2D eigenvalue weighted by atomic mass is 10.4. The molecule has 0 atom stereocenters. The number of rotatable bonds is 5. The zero-order chi connectivity index (χ0) is 9.68. The number of hydrogen-bond acceptors (Lipinski definition) is 0. The monoisotopic (exact) mass is 212 g/mol. The molecule has 0 spiro atoms. The van der Waals surface area contributed by atoms with Gasteiger partial charge in [-0.3, -0.25) is 0 Å². The zero-order valence-electron chi connectivity index (χ0n) is 8.62. The molecule has 0 bridgehead atoms. The van der Waals surface area contributed by atoms with Crippen molar-refractivity contribution in [2.45, 2.75) is 26.4 Å². The quantitative estimate of drug-likeness (QED) is 0.438. The van der Waals surface area contributed by atoms with E-state index in [1.807, 2.05) is 12.2 Å². The minimum absolute atomic E-state index is 0. The standard InChI is InChI=1S/C11H17N2.ClH/c1-4-7-12-9-11(6-3)13(10-12)8-5-2;/h5-6,9-10H,2-4,7-8H2,1H3;1H/q+1;/p-1. The van der Waals surface area contributed by atoms with Gasteiger partial charge in [-0.15, -0.1) is 0 Å². The molecule has 2 nitrogen and oxygen atoms in total. The second-order valence-corrected chi connectivity index (χ2v) is 3.05. The van der Waals surface area contributed by atoms with E-state index in [1.165, 1.54) is 0 Å². The van der Waals surface area contributed by atoms with E-state index in [2.05, 4.69) is 41.7 Å². The van der Waals surface area contributed by atoms with Gasteiger partial charge in [0.15, 0.2) is 5.69 Å². The number of imidazole rings is 1. The molecule has 0 radical (unpaired) electrons. The summed E-state index contributed by atoms with van der Waals surface area (Å²) in [4.78, 5) is 0. The molecule has 14 heavy (non-hydrogen) atoms. The van der Waals surface area contributed by atoms with Gasteiger partial charge in [-0.25, -0.2) is 9.13 Å². The SMILES string of the molecule is C=CCn1c[n+](CCC)cc1C=C.[Cl-]. The fourth-order valence-corrected chi connectivity index (χ4v) is 1.37. The van der Waals surface area contributed by atoms with Crippen molar-refractivity contribution in [2.24, 2.45) is 0 Å². The molecule has 3 heteroatoms. The number of aromatic nitrogens is 2. The molecule has 1 aromatic rings. The average molecular weight is 213 g/mol. The summed E-state index contributed by atoms with van der Waals surface area (Å²) in [6.07, 6.45) is 9.13. The Labute approximate surface area is 92.0 Å². The molecule has 0 aliphatic rings. The van der Waals surface area contributed by atoms with Crippen molar-refractivity contribution in [3.8, 4) is 0 Å². The largest absolute Gasteiger partial charge is 1.00 e. The number of aryl methyl sites for hydroxylation is 1. The van der Waals surface area contributed by atoms with E-state index in [1.54, 1.807) is 0 Å². The lowest BCUT2D eigenvalue weighted by Gasteiger charge is -1.90. The molecule has 0 aliphatic heterocycles. The Morgan fingerprint density at radius 3 is 2.71 bits per heavy atom. The maximum Gasteiger partial charge on any atom is 0.244 e. The Balaban J connectivity index is 0.00000169. The molecular formula is C11H17ClN2. The maximum absolute atomic E-state index is 3.78. The molecule has 1 rings (SSSR count). The van der Waals surface area contributed by atoms with Crippen molar-refractivity contribution in [2.75, 3.05) is 0 Å². The molecule has 0 aliphatic carbocycles. The third kappa shape index (κ3) is 3.04. The van der Waals surface area contributed by atoms with Crippen molar-refractivity contribution in [3.63, 3.8) is 0 Å². The van der Waals surface area contributed by atoms with Crippen molar-refractivity contribution in [3.05, 3.63) is 37.5 Å². The molecule has 0 amide bonds. The normalized spacial score (nSPS) is 9.21. The van der Waals surface area contributed by atoms with Crippen LogP contribution >= 0.6 is 0 Å². The van der Waals surface area contributed by atoms with Crippen molar-refractivity contribution in [1.29, 1.82) is 0 Å². The Morgan fingerprint density at radius 2 is 2.21 bits per heavy atom. The zero-order valence-corrected chi connectivity index (χ0v) is 9.37. The first-order chi connectivity index (χ1) is 6.31. The fourth-order valence-electron chi connectivity index (χ4n) is 1.37. The molecule has 1 aromatic heterocycles. The van der Waals surface area contributed by atoms with E-state index < -0.39 is 0 Å². The molecule has 0 unspecified atom stereocenters. The number of hydrogen-bond donors (Lipinski definition) is 0. The molecule has 0 saturated heterocycles. The lowest BCUT2D eigenvalue weighted by Crippen LogP contribution is -3.00. The summed E-state index contributed by atoms with van der Waals surface area (Å²) in [5.74, 6) is 0. The van der Waals surface area contributed by atoms with Gasteiger partial charge >= 0.3 is 0 Å². The third-order valence-electron chi connectivity index (χ3n) is 1.93. The molecular weight excluding hydrogens is 196 g/mol. The molecule has 0 aromatic carbocycles. The van der Waals surface area contributed by atoms with E-state index in [0.29, 0.717) is 0 Å². The van der Waals surface area contributed by atoms with E-state index in [0.717, 1.165) is 25.2 Å². The average Bonchev–Trinajstić information content (AvgIpc) is 2.49. The summed E-state index contributed by atoms with van der Waals surface area (Å²) >= 11 is 0. The van der Waals surface area contributed by atoms with Gasteiger partial charge in [0.2, 0.25) is 6.33 Å². The number of halogens is 1. The van der Waals surface area contributed by atoms with Gasteiger partial charge in [0.25, 0.3) is 0 Å². The van der Waals surface area contributed by atoms with Crippen molar-refractivity contribution >= 4 is 6.08 Å². The van der Waals surface area contributed by atoms with Crippen LogP contribution in [0.5, 0.6) is 0 Å². The second-order valence-electron chi connectivity index (χ2n) is 3.05. The van der Waals surface area contributed by atoms with Crippen molar-refractivity contribution in [1.82, 2.24) is 4.57 Å². The van der Waals surface area contributed by atoms with E-state index >= 15 is 0 Å². The van der Waals surface area contributed by atoms with E-state index in [-0.39, 0.29) is 12.4 Å². The number of nitrogens with zero attached hydrogens (tertiary/aromatic N) is 2. The van der Waals surface area contributed by atoms with Crippen LogP contribution in [0, 0.1) is 0 Å². The summed E-state index contributed by atoms with van der Waals surface area (Å²) in [6.45, 7) is 11.6. The Kier molecular flexibility index (Phi) is 5.97. The fraction of sp³-hybridized carbons (Fsp3) is 0.364. The van der Waals surface area contributed by atoms with Crippen LogP contribution in [0.1, 0.15) is 19.0 Å². The lowest BCUT2D eigenvalue weighted by molar-refractivity contribution is -0.696. The minimum Gasteiger partial charge on any atom is -1.00 e. The second kappa shape index (κ2) is 6.44. The first kappa shape index (κ1) is 13.0. The predicted molar refractivity (Wildman–Crippen MR) is 55.2 cm³/mol. The predicted octanol–water partition coefficient (Wildman–Crippen LogP) is -0.981. The summed E-state index contributed by atoms with van der Waals surface area (Å²) in [5, 5.41) is 0. The molecule has 0 saturated carbocycles. The smallest absolute Gasteiger partial charge is 0.244 e. The first-order valence-electron chi connectivity index (χ1n) is 4.64. The summed E-state index contributed by atoms with van der Waals surface area (Å²) in [7, 11) is 0. The summed E-state index contributed by atoms with van der Waals surface area (Å²) < 4.78 is 4.32. The third-order valence-corrected chi connectivity index (χ3v) is 1.93. The van der Waals surface area contributed by atoms with Gasteiger partial charge in [-0.1, -0.05) is 26.2 Å². The summed E-state index contributed by atoms with van der Waals surface area (Å²) in [5.41, 5.74) is 1.15. The highest BCUT2D eigenvalue weighted by atomic mass is 35.5. The van der Waals surface area contributed by atoms with Gasteiger partial charge in [-0.05, 0) is 12.5 Å².